The Kier molecular flexibility index (Phi) is 5.68. The maximum atomic E-state index is 14.4. The molecule has 2 amide bonds. The second kappa shape index (κ2) is 9.15. The van der Waals surface area contributed by atoms with Crippen LogP contribution in [0.4, 0.5) is 20.8 Å². The Balaban J connectivity index is 1.01. The van der Waals surface area contributed by atoms with Gasteiger partial charge in [-0.15, -0.1) is 0 Å². The summed E-state index contributed by atoms with van der Waals surface area (Å²) in [6.45, 7) is 1.54. The molecular formula is C23H23FN8O4. The Hall–Kier alpha value is -4.13. The average Bonchev–Trinajstić information content (AvgIpc) is 3.62. The van der Waals surface area contributed by atoms with Gasteiger partial charge in [-0.05, 0) is 49.4 Å². The van der Waals surface area contributed by atoms with E-state index in [4.69, 9.17) is 9.47 Å². The van der Waals surface area contributed by atoms with E-state index in [0.29, 0.717) is 32.5 Å². The summed E-state index contributed by atoms with van der Waals surface area (Å²) >= 11 is 0. The van der Waals surface area contributed by atoms with E-state index >= 15 is 0 Å². The molecule has 0 spiro atoms. The topological polar surface area (TPSA) is 147 Å². The molecular weight excluding hydrogens is 471 g/mol. The Morgan fingerprint density at radius 2 is 2.06 bits per heavy atom. The number of aromatic nitrogens is 5. The molecule has 0 bridgehead atoms. The van der Waals surface area contributed by atoms with Crippen molar-refractivity contribution >= 4 is 23.6 Å². The molecule has 36 heavy (non-hydrogen) atoms. The van der Waals surface area contributed by atoms with Gasteiger partial charge in [0.1, 0.15) is 11.9 Å². The second-order valence-corrected chi connectivity index (χ2v) is 8.98. The minimum Gasteiger partial charge on any atom is -0.465 e. The van der Waals surface area contributed by atoms with Crippen LogP contribution < -0.4 is 20.3 Å². The minimum atomic E-state index is -0.516. The number of halogens is 1. The highest BCUT2D eigenvalue weighted by Crippen LogP contribution is 2.34. The van der Waals surface area contributed by atoms with Gasteiger partial charge in [-0.1, -0.05) is 0 Å². The van der Waals surface area contributed by atoms with E-state index in [9.17, 15) is 14.0 Å². The van der Waals surface area contributed by atoms with Crippen LogP contribution in [0.3, 0.4) is 0 Å². The van der Waals surface area contributed by atoms with Crippen LogP contribution >= 0.6 is 0 Å². The molecule has 13 heteroatoms. The quantitative estimate of drug-likeness (QED) is 0.415. The summed E-state index contributed by atoms with van der Waals surface area (Å²) in [4.78, 5) is 45.1. The SMILES string of the molecule is O=C1COc2ncc(N3CC(CCNCC4Cc5c(F)cnc(-c6cnc[nH]6)c5C4)OC3=O)nc2N1. The molecule has 0 saturated carbocycles. The zero-order valence-corrected chi connectivity index (χ0v) is 19.2. The first-order valence-electron chi connectivity index (χ1n) is 11.7. The molecule has 3 aromatic heterocycles. The maximum Gasteiger partial charge on any atom is 0.415 e. The third kappa shape index (κ3) is 4.21. The molecule has 5 heterocycles. The van der Waals surface area contributed by atoms with Crippen LogP contribution in [0.15, 0.2) is 24.9 Å². The van der Waals surface area contributed by atoms with Crippen LogP contribution in [-0.4, -0.2) is 69.3 Å². The van der Waals surface area contributed by atoms with Gasteiger partial charge in [0.15, 0.2) is 18.2 Å². The maximum absolute atomic E-state index is 14.4. The van der Waals surface area contributed by atoms with E-state index in [1.165, 1.54) is 17.3 Å². The summed E-state index contributed by atoms with van der Waals surface area (Å²) < 4.78 is 25.1. The minimum absolute atomic E-state index is 0.119. The summed E-state index contributed by atoms with van der Waals surface area (Å²) in [6.07, 6.45) is 7.11. The van der Waals surface area contributed by atoms with Gasteiger partial charge in [-0.2, -0.15) is 0 Å². The van der Waals surface area contributed by atoms with Crippen molar-refractivity contribution < 1.29 is 23.5 Å². The van der Waals surface area contributed by atoms with Crippen LogP contribution in [0, 0.1) is 11.7 Å². The number of aromatic amines is 1. The molecule has 0 aromatic carbocycles. The third-order valence-corrected chi connectivity index (χ3v) is 6.54. The molecule has 3 N–H and O–H groups in total. The highest BCUT2D eigenvalue weighted by atomic mass is 19.1. The first kappa shape index (κ1) is 22.3. The molecule has 3 aromatic rings. The highest BCUT2D eigenvalue weighted by Gasteiger charge is 2.34. The zero-order valence-electron chi connectivity index (χ0n) is 19.2. The van der Waals surface area contributed by atoms with Crippen molar-refractivity contribution in [2.24, 2.45) is 5.92 Å². The molecule has 2 unspecified atom stereocenters. The number of imidazole rings is 1. The van der Waals surface area contributed by atoms with Crippen LogP contribution in [0.5, 0.6) is 5.88 Å². The van der Waals surface area contributed by atoms with Gasteiger partial charge >= 0.3 is 6.09 Å². The predicted octanol–water partition coefficient (Wildman–Crippen LogP) is 1.45. The van der Waals surface area contributed by atoms with E-state index in [1.54, 1.807) is 12.5 Å². The van der Waals surface area contributed by atoms with Gasteiger partial charge in [0, 0.05) is 0 Å². The number of hydrogen-bond donors (Lipinski definition) is 3. The lowest BCUT2D eigenvalue weighted by Gasteiger charge is -2.18. The number of cyclic esters (lactones) is 1. The van der Waals surface area contributed by atoms with Gasteiger partial charge < -0.3 is 25.1 Å². The Morgan fingerprint density at radius 3 is 2.92 bits per heavy atom. The highest BCUT2D eigenvalue weighted by molar-refractivity contribution is 5.94. The van der Waals surface area contributed by atoms with Crippen molar-refractivity contribution in [3.05, 3.63) is 41.9 Å². The number of ether oxygens (including phenoxy) is 2. The fourth-order valence-electron chi connectivity index (χ4n) is 4.83. The summed E-state index contributed by atoms with van der Waals surface area (Å²) in [7, 11) is 0. The summed E-state index contributed by atoms with van der Waals surface area (Å²) in [6, 6.07) is 0. The molecule has 6 rings (SSSR count). The van der Waals surface area contributed by atoms with Crippen LogP contribution in [0.2, 0.25) is 0 Å². The molecule has 2 atom stereocenters. The largest absolute Gasteiger partial charge is 0.465 e. The van der Waals surface area contributed by atoms with Crippen LogP contribution in [0.1, 0.15) is 17.5 Å². The molecule has 12 nitrogen and oxygen atoms in total. The molecule has 0 radical (unpaired) electrons. The van der Waals surface area contributed by atoms with Gasteiger partial charge in [-0.3, -0.25) is 14.7 Å². The fourth-order valence-corrected chi connectivity index (χ4v) is 4.83. The van der Waals surface area contributed by atoms with Crippen molar-refractivity contribution in [1.29, 1.82) is 0 Å². The predicted molar refractivity (Wildman–Crippen MR) is 124 cm³/mol. The molecule has 1 aliphatic carbocycles. The molecule has 186 valence electrons. The third-order valence-electron chi connectivity index (χ3n) is 6.54. The van der Waals surface area contributed by atoms with Crippen molar-refractivity contribution in [2.75, 3.05) is 36.5 Å². The number of fused-ring (bicyclic) bond motifs is 2. The van der Waals surface area contributed by atoms with Crippen molar-refractivity contribution in [2.45, 2.75) is 25.4 Å². The number of rotatable bonds is 7. The van der Waals surface area contributed by atoms with E-state index in [0.717, 1.165) is 28.9 Å². The van der Waals surface area contributed by atoms with Crippen molar-refractivity contribution in [1.82, 2.24) is 30.2 Å². The molecule has 1 fully saturated rings. The lowest BCUT2D eigenvalue weighted by Crippen LogP contribution is -2.30. The van der Waals surface area contributed by atoms with Crippen LogP contribution in [0.25, 0.3) is 11.4 Å². The van der Waals surface area contributed by atoms with Crippen molar-refractivity contribution in [3.8, 4) is 17.3 Å². The first-order valence-corrected chi connectivity index (χ1v) is 11.7. The van der Waals surface area contributed by atoms with Crippen LogP contribution in [-0.2, 0) is 22.4 Å². The average molecular weight is 494 g/mol. The summed E-state index contributed by atoms with van der Waals surface area (Å²) in [5.41, 5.74) is 3.18. The van der Waals surface area contributed by atoms with Gasteiger partial charge in [0.25, 0.3) is 11.8 Å². The number of carbonyl (C=O) groups is 2. The normalized spacial score (nSPS) is 20.5. The number of hydrogen-bond acceptors (Lipinski definition) is 9. The lowest BCUT2D eigenvalue weighted by atomic mass is 10.1. The number of anilines is 2. The number of carbonyl (C=O) groups excluding carboxylic acids is 2. The van der Waals surface area contributed by atoms with E-state index < -0.39 is 6.09 Å². The lowest BCUT2D eigenvalue weighted by molar-refractivity contribution is -0.118. The Bertz CT molecular complexity index is 1320. The van der Waals surface area contributed by atoms with Crippen molar-refractivity contribution in [3.63, 3.8) is 0 Å². The smallest absolute Gasteiger partial charge is 0.415 e. The molecule has 1 saturated heterocycles. The van der Waals surface area contributed by atoms with Gasteiger partial charge in [0.2, 0.25) is 0 Å². The number of pyridine rings is 1. The number of nitrogens with zero attached hydrogens (tertiary/aromatic N) is 5. The molecule has 2 aliphatic heterocycles. The number of H-pyrrole nitrogens is 1. The number of amides is 2. The zero-order chi connectivity index (χ0) is 24.6. The number of nitrogens with one attached hydrogen (secondary N) is 3. The van der Waals surface area contributed by atoms with Gasteiger partial charge in [-0.25, -0.2) is 24.1 Å². The van der Waals surface area contributed by atoms with E-state index in [-0.39, 0.29) is 47.9 Å². The Labute approximate surface area is 204 Å². The van der Waals surface area contributed by atoms with E-state index in [1.807, 2.05) is 0 Å². The summed E-state index contributed by atoms with van der Waals surface area (Å²) in [5.74, 6) is 0.321. The Morgan fingerprint density at radius 1 is 1.17 bits per heavy atom. The fraction of sp³-hybridized carbons (Fsp3) is 0.391. The monoisotopic (exact) mass is 494 g/mol. The standard InChI is InChI=1S/C23H23FN8O4/c24-16-6-27-20(17-7-26-11-29-17)15-4-12(3-14(15)16)5-25-2-1-13-9-32(23(34)36-13)18-8-28-22-21(30-18)31-19(33)10-35-22/h6-8,11-13,25H,1-5,9-10H2,(H,26,29)(H,30,31,33). The second-order valence-electron chi connectivity index (χ2n) is 8.98. The first-order chi connectivity index (χ1) is 17.5. The van der Waals surface area contributed by atoms with Gasteiger partial charge in [0.05, 0.1) is 42.9 Å². The summed E-state index contributed by atoms with van der Waals surface area (Å²) in [5, 5.41) is 5.99. The van der Waals surface area contributed by atoms with E-state index in [2.05, 4.69) is 35.6 Å². The molecule has 3 aliphatic rings.